The van der Waals surface area contributed by atoms with E-state index in [-0.39, 0.29) is 24.9 Å². The summed E-state index contributed by atoms with van der Waals surface area (Å²) < 4.78 is 9.64. The monoisotopic (exact) mass is 245 g/mol. The molecule has 0 spiro atoms. The first-order valence-electron chi connectivity index (χ1n) is 6.08. The fourth-order valence-corrected chi connectivity index (χ4v) is 1.38. The molecular weight excluding hydrogens is 222 g/mol. The first-order valence-corrected chi connectivity index (χ1v) is 6.08. The number of unbranched alkanes of at least 4 members (excludes halogenated alkanes) is 1. The molecule has 0 aromatic rings. The summed E-state index contributed by atoms with van der Waals surface area (Å²) in [5, 5.41) is 0. The highest BCUT2D eigenvalue weighted by molar-refractivity contribution is 5.78. The molecule has 0 unspecified atom stereocenters. The molecule has 0 rings (SSSR count). The van der Waals surface area contributed by atoms with Crippen molar-refractivity contribution in [2.75, 3.05) is 33.4 Å². The van der Waals surface area contributed by atoms with Crippen LogP contribution in [0.2, 0.25) is 0 Å². The molecule has 0 fully saturated rings. The molecule has 0 aliphatic carbocycles. The second kappa shape index (κ2) is 10.1. The zero-order valence-electron chi connectivity index (χ0n) is 11.0. The third-order valence-corrected chi connectivity index (χ3v) is 2.29. The predicted octanol–water partition coefficient (Wildman–Crippen LogP) is 1.21. The highest BCUT2D eigenvalue weighted by Gasteiger charge is 2.14. The van der Waals surface area contributed by atoms with Crippen molar-refractivity contribution in [1.29, 1.82) is 0 Å². The van der Waals surface area contributed by atoms with Crippen LogP contribution in [0.15, 0.2) is 0 Å². The number of amides is 1. The summed E-state index contributed by atoms with van der Waals surface area (Å²) >= 11 is 0. The molecule has 0 aliphatic heterocycles. The second-order valence-corrected chi connectivity index (χ2v) is 3.72. The van der Waals surface area contributed by atoms with E-state index in [2.05, 4.69) is 6.92 Å². The Morgan fingerprint density at radius 1 is 1.18 bits per heavy atom. The second-order valence-electron chi connectivity index (χ2n) is 3.72. The fourth-order valence-electron chi connectivity index (χ4n) is 1.38. The molecule has 0 aromatic carbocycles. The van der Waals surface area contributed by atoms with Crippen LogP contribution in [0.25, 0.3) is 0 Å². The van der Waals surface area contributed by atoms with Crippen LogP contribution in [0.3, 0.4) is 0 Å². The third-order valence-electron chi connectivity index (χ3n) is 2.29. The maximum atomic E-state index is 11.7. The van der Waals surface area contributed by atoms with Gasteiger partial charge < -0.3 is 14.4 Å². The molecule has 0 bridgehead atoms. The lowest BCUT2D eigenvalue weighted by atomic mass is 10.3. The van der Waals surface area contributed by atoms with Crippen LogP contribution in [0.5, 0.6) is 0 Å². The SMILES string of the molecule is CCCCN(CCC(=O)OCC)C(=O)COC. The van der Waals surface area contributed by atoms with Gasteiger partial charge in [0, 0.05) is 20.2 Å². The Balaban J connectivity index is 4.08. The molecule has 1 amide bonds. The average molecular weight is 245 g/mol. The highest BCUT2D eigenvalue weighted by atomic mass is 16.5. The van der Waals surface area contributed by atoms with E-state index in [4.69, 9.17) is 9.47 Å². The van der Waals surface area contributed by atoms with Crippen LogP contribution >= 0.6 is 0 Å². The number of hydrogen-bond acceptors (Lipinski definition) is 4. The number of carbonyl (C=O) groups excluding carboxylic acids is 2. The van der Waals surface area contributed by atoms with Gasteiger partial charge in [-0.3, -0.25) is 9.59 Å². The van der Waals surface area contributed by atoms with Crippen molar-refractivity contribution in [3.63, 3.8) is 0 Å². The first-order chi connectivity index (χ1) is 8.15. The Kier molecular flexibility index (Phi) is 9.43. The van der Waals surface area contributed by atoms with Crippen LogP contribution in [0.4, 0.5) is 0 Å². The average Bonchev–Trinajstić information content (AvgIpc) is 2.29. The van der Waals surface area contributed by atoms with Crippen LogP contribution in [0, 0.1) is 0 Å². The van der Waals surface area contributed by atoms with E-state index < -0.39 is 0 Å². The van der Waals surface area contributed by atoms with Gasteiger partial charge in [-0.1, -0.05) is 13.3 Å². The zero-order valence-corrected chi connectivity index (χ0v) is 11.0. The predicted molar refractivity (Wildman–Crippen MR) is 64.6 cm³/mol. The molecule has 5 nitrogen and oxygen atoms in total. The molecule has 0 saturated heterocycles. The van der Waals surface area contributed by atoms with Crippen molar-refractivity contribution in [1.82, 2.24) is 4.90 Å². The molecule has 0 aliphatic rings. The van der Waals surface area contributed by atoms with E-state index in [1.54, 1.807) is 11.8 Å². The summed E-state index contributed by atoms with van der Waals surface area (Å²) in [6, 6.07) is 0. The Labute approximate surface area is 103 Å². The van der Waals surface area contributed by atoms with Gasteiger partial charge in [0.1, 0.15) is 6.61 Å². The Bertz CT molecular complexity index is 231. The van der Waals surface area contributed by atoms with E-state index in [1.807, 2.05) is 0 Å². The molecule has 0 radical (unpaired) electrons. The van der Waals surface area contributed by atoms with Gasteiger partial charge in [0.05, 0.1) is 13.0 Å². The van der Waals surface area contributed by atoms with Gasteiger partial charge in [-0.05, 0) is 13.3 Å². The highest BCUT2D eigenvalue weighted by Crippen LogP contribution is 1.99. The van der Waals surface area contributed by atoms with Crippen LogP contribution in [-0.2, 0) is 19.1 Å². The molecule has 0 atom stereocenters. The lowest BCUT2D eigenvalue weighted by Crippen LogP contribution is -2.36. The first kappa shape index (κ1) is 15.9. The molecular formula is C12H23NO4. The van der Waals surface area contributed by atoms with E-state index in [9.17, 15) is 9.59 Å². The molecule has 0 saturated carbocycles. The van der Waals surface area contributed by atoms with Crippen molar-refractivity contribution in [3.05, 3.63) is 0 Å². The molecule has 5 heteroatoms. The molecule has 100 valence electrons. The van der Waals surface area contributed by atoms with E-state index >= 15 is 0 Å². The summed E-state index contributed by atoms with van der Waals surface area (Å²) in [5.41, 5.74) is 0. The number of methoxy groups -OCH3 is 1. The maximum absolute atomic E-state index is 11.7. The number of rotatable bonds is 9. The van der Waals surface area contributed by atoms with Gasteiger partial charge in [0.15, 0.2) is 0 Å². The van der Waals surface area contributed by atoms with Crippen LogP contribution in [-0.4, -0.2) is 50.2 Å². The van der Waals surface area contributed by atoms with Crippen molar-refractivity contribution < 1.29 is 19.1 Å². The molecule has 0 aromatic heterocycles. The van der Waals surface area contributed by atoms with Gasteiger partial charge in [-0.2, -0.15) is 0 Å². The van der Waals surface area contributed by atoms with Gasteiger partial charge >= 0.3 is 5.97 Å². The number of hydrogen-bond donors (Lipinski definition) is 0. The number of ether oxygens (including phenoxy) is 2. The van der Waals surface area contributed by atoms with Crippen LogP contribution < -0.4 is 0 Å². The van der Waals surface area contributed by atoms with Crippen molar-refractivity contribution in [2.45, 2.75) is 33.1 Å². The van der Waals surface area contributed by atoms with Crippen molar-refractivity contribution in [2.24, 2.45) is 0 Å². The Hall–Kier alpha value is -1.10. The fraction of sp³-hybridized carbons (Fsp3) is 0.833. The van der Waals surface area contributed by atoms with Crippen molar-refractivity contribution in [3.8, 4) is 0 Å². The minimum Gasteiger partial charge on any atom is -0.466 e. The van der Waals surface area contributed by atoms with E-state index in [0.29, 0.717) is 19.7 Å². The minimum absolute atomic E-state index is 0.0620. The molecule has 0 N–H and O–H groups in total. The Morgan fingerprint density at radius 3 is 2.41 bits per heavy atom. The van der Waals surface area contributed by atoms with Gasteiger partial charge in [0.25, 0.3) is 0 Å². The third kappa shape index (κ3) is 7.74. The van der Waals surface area contributed by atoms with E-state index in [0.717, 1.165) is 12.8 Å². The standard InChI is InChI=1S/C12H23NO4/c1-4-6-8-13(11(14)10-16-3)9-7-12(15)17-5-2/h4-10H2,1-3H3. The number of esters is 1. The summed E-state index contributed by atoms with van der Waals surface area (Å²) in [7, 11) is 1.49. The Morgan fingerprint density at radius 2 is 1.88 bits per heavy atom. The van der Waals surface area contributed by atoms with Gasteiger partial charge in [-0.15, -0.1) is 0 Å². The van der Waals surface area contributed by atoms with Gasteiger partial charge in [-0.25, -0.2) is 0 Å². The van der Waals surface area contributed by atoms with Crippen molar-refractivity contribution >= 4 is 11.9 Å². The summed E-state index contributed by atoms with van der Waals surface area (Å²) in [4.78, 5) is 24.5. The normalized spacial score (nSPS) is 10.1. The van der Waals surface area contributed by atoms with Gasteiger partial charge in [0.2, 0.25) is 5.91 Å². The smallest absolute Gasteiger partial charge is 0.307 e. The molecule has 17 heavy (non-hydrogen) atoms. The number of carbonyl (C=O) groups is 2. The minimum atomic E-state index is -0.265. The summed E-state index contributed by atoms with van der Waals surface area (Å²) in [6.45, 7) is 5.33. The summed E-state index contributed by atoms with van der Waals surface area (Å²) in [5.74, 6) is -0.343. The lowest BCUT2D eigenvalue weighted by Gasteiger charge is -2.21. The zero-order chi connectivity index (χ0) is 13.1. The quantitative estimate of drug-likeness (QED) is 0.573. The summed E-state index contributed by atoms with van der Waals surface area (Å²) in [6.07, 6.45) is 2.18. The number of nitrogens with zero attached hydrogens (tertiary/aromatic N) is 1. The maximum Gasteiger partial charge on any atom is 0.307 e. The van der Waals surface area contributed by atoms with Crippen LogP contribution in [0.1, 0.15) is 33.1 Å². The molecule has 0 heterocycles. The van der Waals surface area contributed by atoms with E-state index in [1.165, 1.54) is 7.11 Å². The largest absolute Gasteiger partial charge is 0.466 e. The topological polar surface area (TPSA) is 55.8 Å². The lowest BCUT2D eigenvalue weighted by molar-refractivity contribution is -0.144.